The zero-order valence-corrected chi connectivity index (χ0v) is 19.1. The average Bonchev–Trinajstić information content (AvgIpc) is 3.16. The predicted molar refractivity (Wildman–Crippen MR) is 122 cm³/mol. The van der Waals surface area contributed by atoms with E-state index in [2.05, 4.69) is 27.8 Å². The molecule has 1 heterocycles. The Labute approximate surface area is 182 Å². The van der Waals surface area contributed by atoms with E-state index in [4.69, 9.17) is 0 Å². The molecular weight excluding hydrogens is 497 g/mol. The average molecular weight is 523 g/mol. The minimum atomic E-state index is -3.47. The second-order valence-corrected chi connectivity index (χ2v) is 8.96. The molecule has 0 spiro atoms. The van der Waals surface area contributed by atoms with Crippen LogP contribution in [0.15, 0.2) is 57.0 Å². The maximum atomic E-state index is 12.2. The van der Waals surface area contributed by atoms with Crippen molar-refractivity contribution in [3.63, 3.8) is 0 Å². The van der Waals surface area contributed by atoms with Crippen LogP contribution in [-0.4, -0.2) is 51.0 Å². The molecule has 3 N–H and O–H groups in total. The van der Waals surface area contributed by atoms with E-state index in [0.29, 0.717) is 19.0 Å². The lowest BCUT2D eigenvalue weighted by atomic mass is 10.1. The van der Waals surface area contributed by atoms with Crippen molar-refractivity contribution in [1.29, 1.82) is 0 Å². The molecule has 2 aromatic rings. The number of aliphatic imine (C=N–C) groups is 1. The highest BCUT2D eigenvalue weighted by molar-refractivity contribution is 14.0. The number of benzene rings is 1. The van der Waals surface area contributed by atoms with Gasteiger partial charge in [0.25, 0.3) is 0 Å². The second-order valence-electron chi connectivity index (χ2n) is 5.75. The van der Waals surface area contributed by atoms with Crippen molar-refractivity contribution in [2.75, 3.05) is 25.4 Å². The summed E-state index contributed by atoms with van der Waals surface area (Å²) in [6.45, 7) is 3.34. The van der Waals surface area contributed by atoms with Crippen LogP contribution in [0.25, 0.3) is 0 Å². The largest absolute Gasteiger partial charge is 0.390 e. The van der Waals surface area contributed by atoms with Crippen LogP contribution >= 0.6 is 35.3 Å². The Balaban J connectivity index is 0.00000364. The Morgan fingerprint density at radius 2 is 1.93 bits per heavy atom. The first-order valence-electron chi connectivity index (χ1n) is 8.51. The van der Waals surface area contributed by atoms with E-state index in [1.165, 1.54) is 5.56 Å². The van der Waals surface area contributed by atoms with E-state index in [0.717, 1.165) is 17.8 Å². The molecule has 0 fully saturated rings. The molecule has 6 nitrogen and oxygen atoms in total. The van der Waals surface area contributed by atoms with Gasteiger partial charge in [0.1, 0.15) is 4.21 Å². The van der Waals surface area contributed by atoms with Crippen LogP contribution in [0.1, 0.15) is 12.5 Å². The normalized spacial score (nSPS) is 12.9. The number of aliphatic hydroxyl groups is 1. The van der Waals surface area contributed by atoms with Crippen LogP contribution < -0.4 is 10.6 Å². The van der Waals surface area contributed by atoms with E-state index in [1.807, 2.05) is 25.1 Å². The van der Waals surface area contributed by atoms with E-state index in [1.54, 1.807) is 17.5 Å². The molecule has 150 valence electrons. The minimum absolute atomic E-state index is 0. The van der Waals surface area contributed by atoms with Crippen LogP contribution in [0.5, 0.6) is 0 Å². The summed E-state index contributed by atoms with van der Waals surface area (Å²) in [6.07, 6.45) is -0.202. The highest BCUT2D eigenvalue weighted by Gasteiger charge is 2.20. The van der Waals surface area contributed by atoms with Gasteiger partial charge >= 0.3 is 0 Å². The maximum Gasteiger partial charge on any atom is 0.191 e. The van der Waals surface area contributed by atoms with Crippen LogP contribution in [0.3, 0.4) is 0 Å². The fraction of sp³-hybridized carbons (Fsp3) is 0.389. The van der Waals surface area contributed by atoms with Gasteiger partial charge in [0, 0.05) is 13.1 Å². The Kier molecular flexibility index (Phi) is 10.9. The SMILES string of the molecule is CCNC(=NCC(O)CS(=O)(=O)c1cccs1)NCCc1ccccc1.I. The van der Waals surface area contributed by atoms with Crippen molar-refractivity contribution in [2.45, 2.75) is 23.7 Å². The van der Waals surface area contributed by atoms with Crippen molar-refractivity contribution >= 4 is 51.1 Å². The van der Waals surface area contributed by atoms with Crippen LogP contribution in [0.4, 0.5) is 0 Å². The number of nitrogens with zero attached hydrogens (tertiary/aromatic N) is 1. The Morgan fingerprint density at radius 3 is 2.56 bits per heavy atom. The summed E-state index contributed by atoms with van der Waals surface area (Å²) < 4.78 is 24.6. The highest BCUT2D eigenvalue weighted by atomic mass is 127. The number of rotatable bonds is 9. The molecule has 0 radical (unpaired) electrons. The molecule has 0 aliphatic heterocycles. The molecule has 0 amide bonds. The molecule has 1 unspecified atom stereocenters. The van der Waals surface area contributed by atoms with Gasteiger partial charge in [-0.2, -0.15) is 0 Å². The summed E-state index contributed by atoms with van der Waals surface area (Å²) in [5.41, 5.74) is 1.22. The van der Waals surface area contributed by atoms with Gasteiger partial charge in [-0.3, -0.25) is 4.99 Å². The summed E-state index contributed by atoms with van der Waals surface area (Å²) in [5, 5.41) is 18.1. The van der Waals surface area contributed by atoms with Gasteiger partial charge < -0.3 is 15.7 Å². The highest BCUT2D eigenvalue weighted by Crippen LogP contribution is 2.18. The molecule has 2 rings (SSSR count). The van der Waals surface area contributed by atoms with Crippen molar-refractivity contribution in [3.05, 3.63) is 53.4 Å². The molecular formula is C18H26IN3O3S2. The van der Waals surface area contributed by atoms with Gasteiger partial charge in [0.2, 0.25) is 0 Å². The fourth-order valence-corrected chi connectivity index (χ4v) is 4.80. The van der Waals surface area contributed by atoms with Crippen molar-refractivity contribution in [3.8, 4) is 0 Å². The van der Waals surface area contributed by atoms with E-state index < -0.39 is 15.9 Å². The molecule has 0 aliphatic carbocycles. The fourth-order valence-electron chi connectivity index (χ4n) is 2.34. The number of nitrogens with one attached hydrogen (secondary N) is 2. The van der Waals surface area contributed by atoms with Gasteiger partial charge in [-0.25, -0.2) is 8.42 Å². The molecule has 9 heteroatoms. The standard InChI is InChI=1S/C18H25N3O3S2.HI/c1-2-19-18(20-11-10-15-7-4-3-5-8-15)21-13-16(22)14-26(23,24)17-9-6-12-25-17;/h3-9,12,16,22H,2,10-11,13-14H2,1H3,(H2,19,20,21);1H. The van der Waals surface area contributed by atoms with Gasteiger partial charge in [-0.1, -0.05) is 36.4 Å². The van der Waals surface area contributed by atoms with Crippen molar-refractivity contribution in [2.24, 2.45) is 4.99 Å². The molecule has 0 saturated carbocycles. The number of halogens is 1. The zero-order valence-electron chi connectivity index (χ0n) is 15.2. The van der Waals surface area contributed by atoms with Gasteiger partial charge in [0.05, 0.1) is 18.4 Å². The summed E-state index contributed by atoms with van der Waals surface area (Å²) in [6, 6.07) is 13.3. The smallest absolute Gasteiger partial charge is 0.191 e. The van der Waals surface area contributed by atoms with E-state index >= 15 is 0 Å². The van der Waals surface area contributed by atoms with Crippen molar-refractivity contribution in [1.82, 2.24) is 10.6 Å². The monoisotopic (exact) mass is 523 g/mol. The molecule has 0 bridgehead atoms. The molecule has 0 saturated heterocycles. The lowest BCUT2D eigenvalue weighted by molar-refractivity contribution is 0.206. The lowest BCUT2D eigenvalue weighted by Gasteiger charge is -2.13. The number of hydrogen-bond donors (Lipinski definition) is 3. The third-order valence-corrected chi connectivity index (χ3v) is 6.85. The summed E-state index contributed by atoms with van der Waals surface area (Å²) >= 11 is 1.15. The number of sulfone groups is 1. The van der Waals surface area contributed by atoms with Crippen LogP contribution in [-0.2, 0) is 16.3 Å². The Hall–Kier alpha value is -1.17. The van der Waals surface area contributed by atoms with Gasteiger partial charge in [0.15, 0.2) is 15.8 Å². The Morgan fingerprint density at radius 1 is 1.19 bits per heavy atom. The van der Waals surface area contributed by atoms with Gasteiger partial charge in [-0.05, 0) is 30.4 Å². The first kappa shape index (κ1) is 23.9. The third kappa shape index (κ3) is 8.58. The molecule has 27 heavy (non-hydrogen) atoms. The van der Waals surface area contributed by atoms with E-state index in [9.17, 15) is 13.5 Å². The number of aliphatic hydroxyl groups excluding tert-OH is 1. The van der Waals surface area contributed by atoms with Crippen LogP contribution in [0.2, 0.25) is 0 Å². The topological polar surface area (TPSA) is 90.8 Å². The van der Waals surface area contributed by atoms with E-state index in [-0.39, 0.29) is 40.5 Å². The summed E-state index contributed by atoms with van der Waals surface area (Å²) in [4.78, 5) is 4.29. The summed E-state index contributed by atoms with van der Waals surface area (Å²) in [7, 11) is -3.47. The maximum absolute atomic E-state index is 12.2. The predicted octanol–water partition coefficient (Wildman–Crippen LogP) is 2.30. The number of hydrogen-bond acceptors (Lipinski definition) is 5. The number of thiophene rings is 1. The van der Waals surface area contributed by atoms with Gasteiger partial charge in [-0.15, -0.1) is 35.3 Å². The lowest BCUT2D eigenvalue weighted by Crippen LogP contribution is -2.39. The molecule has 0 aliphatic rings. The molecule has 1 aromatic carbocycles. The third-order valence-electron chi connectivity index (χ3n) is 3.57. The molecule has 1 aromatic heterocycles. The van der Waals surface area contributed by atoms with Crippen LogP contribution in [0, 0.1) is 0 Å². The first-order valence-corrected chi connectivity index (χ1v) is 11.0. The van der Waals surface area contributed by atoms with Crippen molar-refractivity contribution < 1.29 is 13.5 Å². The minimum Gasteiger partial charge on any atom is -0.390 e. The second kappa shape index (κ2) is 12.3. The zero-order chi connectivity index (χ0) is 18.8. The Bertz CT molecular complexity index is 781. The first-order chi connectivity index (χ1) is 12.5. The quantitative estimate of drug-likeness (QED) is 0.267. The molecule has 1 atom stereocenters. The summed E-state index contributed by atoms with van der Waals surface area (Å²) in [5.74, 6) is 0.233. The number of guanidine groups is 1.